The van der Waals surface area contributed by atoms with Crippen molar-refractivity contribution in [2.24, 2.45) is 0 Å². The Morgan fingerprint density at radius 2 is 2.11 bits per heavy atom. The number of aryl methyl sites for hydroxylation is 1. The molecule has 0 aromatic heterocycles. The maximum atomic E-state index is 12.3. The first-order valence-corrected chi connectivity index (χ1v) is 9.20. The van der Waals surface area contributed by atoms with Crippen LogP contribution in [0.25, 0.3) is 0 Å². The van der Waals surface area contributed by atoms with Crippen LogP contribution < -0.4 is 4.72 Å². The van der Waals surface area contributed by atoms with E-state index in [1.54, 1.807) is 23.9 Å². The Kier molecular flexibility index (Phi) is 4.11. The van der Waals surface area contributed by atoms with E-state index in [0.717, 1.165) is 22.9 Å². The third kappa shape index (κ3) is 3.10. The zero-order chi connectivity index (χ0) is 13.4. The molecule has 0 unspecified atom stereocenters. The van der Waals surface area contributed by atoms with Crippen LogP contribution >= 0.6 is 27.7 Å². The molecule has 0 atom stereocenters. The molecule has 0 saturated heterocycles. The highest BCUT2D eigenvalue weighted by molar-refractivity contribution is 9.10. The molecule has 1 aromatic carbocycles. The maximum Gasteiger partial charge on any atom is 0.240 e. The zero-order valence-electron chi connectivity index (χ0n) is 10.4. The van der Waals surface area contributed by atoms with Crippen molar-refractivity contribution in [1.29, 1.82) is 0 Å². The Morgan fingerprint density at radius 1 is 1.44 bits per heavy atom. The molecule has 1 N–H and O–H groups in total. The summed E-state index contributed by atoms with van der Waals surface area (Å²) in [6.07, 6.45) is 4.22. The Bertz CT molecular complexity index is 553. The van der Waals surface area contributed by atoms with Gasteiger partial charge in [0.1, 0.15) is 0 Å². The fraction of sp³-hybridized carbons (Fsp3) is 0.500. The molecule has 0 heterocycles. The molecular weight excluding hydrogens is 334 g/mol. The summed E-state index contributed by atoms with van der Waals surface area (Å²) in [5.74, 6) is 0. The molecule has 100 valence electrons. The van der Waals surface area contributed by atoms with Gasteiger partial charge in [0.25, 0.3) is 0 Å². The van der Waals surface area contributed by atoms with Crippen molar-refractivity contribution >= 4 is 37.7 Å². The van der Waals surface area contributed by atoms with E-state index in [2.05, 4.69) is 20.7 Å². The molecule has 1 aliphatic carbocycles. The minimum atomic E-state index is -3.41. The zero-order valence-corrected chi connectivity index (χ0v) is 13.6. The first-order chi connectivity index (χ1) is 8.38. The topological polar surface area (TPSA) is 46.2 Å². The summed E-state index contributed by atoms with van der Waals surface area (Å²) in [6, 6.07) is 5.30. The van der Waals surface area contributed by atoms with Gasteiger partial charge in [-0.25, -0.2) is 13.1 Å². The van der Waals surface area contributed by atoms with Gasteiger partial charge in [0, 0.05) is 15.8 Å². The Balaban J connectivity index is 2.18. The third-order valence-electron chi connectivity index (χ3n) is 3.26. The van der Waals surface area contributed by atoms with Gasteiger partial charge in [0.15, 0.2) is 0 Å². The maximum absolute atomic E-state index is 12.3. The van der Waals surface area contributed by atoms with Crippen molar-refractivity contribution in [1.82, 2.24) is 4.72 Å². The molecule has 18 heavy (non-hydrogen) atoms. The predicted octanol–water partition coefficient (Wildman–Crippen LogP) is 2.93. The molecule has 6 heteroatoms. The van der Waals surface area contributed by atoms with Gasteiger partial charge in [-0.05, 0) is 43.7 Å². The predicted molar refractivity (Wildman–Crippen MR) is 79.5 cm³/mol. The number of halogens is 1. The Labute approximate surface area is 121 Å². The third-order valence-corrected chi connectivity index (χ3v) is 6.72. The highest BCUT2D eigenvalue weighted by Gasteiger charge is 2.42. The summed E-state index contributed by atoms with van der Waals surface area (Å²) in [6.45, 7) is 2.32. The standard InChI is InChI=1S/C12H16BrNO2S2/c1-9-3-4-10(13)7-11(9)18(15,16)14-8-12(17-2)5-6-12/h3-4,7,14H,5-6,8H2,1-2H3. The molecular formula is C12H16BrNO2S2. The summed E-state index contributed by atoms with van der Waals surface area (Å²) < 4.78 is 28.1. The van der Waals surface area contributed by atoms with E-state index in [4.69, 9.17) is 0 Å². The van der Waals surface area contributed by atoms with Crippen LogP contribution in [-0.4, -0.2) is 26.0 Å². The van der Waals surface area contributed by atoms with Crippen molar-refractivity contribution in [3.8, 4) is 0 Å². The number of nitrogens with one attached hydrogen (secondary N) is 1. The molecule has 1 aliphatic rings. The van der Waals surface area contributed by atoms with E-state index in [0.29, 0.717) is 11.4 Å². The minimum absolute atomic E-state index is 0.132. The van der Waals surface area contributed by atoms with Crippen LogP contribution in [0.3, 0.4) is 0 Å². The van der Waals surface area contributed by atoms with Gasteiger partial charge in [0.2, 0.25) is 10.0 Å². The SMILES string of the molecule is CSC1(CNS(=O)(=O)c2cc(Br)ccc2C)CC1. The number of hydrogen-bond acceptors (Lipinski definition) is 3. The highest BCUT2D eigenvalue weighted by atomic mass is 79.9. The molecule has 0 aliphatic heterocycles. The Hall–Kier alpha value is -0.0400. The van der Waals surface area contributed by atoms with Crippen LogP contribution in [-0.2, 0) is 10.0 Å². The van der Waals surface area contributed by atoms with E-state index >= 15 is 0 Å². The van der Waals surface area contributed by atoms with E-state index < -0.39 is 10.0 Å². The van der Waals surface area contributed by atoms with Gasteiger partial charge >= 0.3 is 0 Å². The first kappa shape index (κ1) is 14.4. The monoisotopic (exact) mass is 349 g/mol. The normalized spacial score (nSPS) is 17.7. The number of sulfonamides is 1. The molecule has 0 radical (unpaired) electrons. The fourth-order valence-corrected chi connectivity index (χ4v) is 4.49. The van der Waals surface area contributed by atoms with Gasteiger partial charge in [-0.15, -0.1) is 0 Å². The first-order valence-electron chi connectivity index (χ1n) is 5.70. The highest BCUT2D eigenvalue weighted by Crippen LogP contribution is 2.46. The van der Waals surface area contributed by atoms with E-state index in [1.807, 2.05) is 19.2 Å². The molecule has 1 fully saturated rings. The average molecular weight is 350 g/mol. The largest absolute Gasteiger partial charge is 0.240 e. The van der Waals surface area contributed by atoms with E-state index in [1.165, 1.54) is 0 Å². The molecule has 3 nitrogen and oxygen atoms in total. The molecule has 0 spiro atoms. The summed E-state index contributed by atoms with van der Waals surface area (Å²) >= 11 is 5.05. The lowest BCUT2D eigenvalue weighted by Gasteiger charge is -2.14. The number of thioether (sulfide) groups is 1. The van der Waals surface area contributed by atoms with Crippen LogP contribution in [0.5, 0.6) is 0 Å². The molecule has 1 aromatic rings. The van der Waals surface area contributed by atoms with Crippen molar-refractivity contribution in [2.45, 2.75) is 29.4 Å². The van der Waals surface area contributed by atoms with Crippen LogP contribution in [0.4, 0.5) is 0 Å². The van der Waals surface area contributed by atoms with Crippen LogP contribution in [0.1, 0.15) is 18.4 Å². The minimum Gasteiger partial charge on any atom is -0.210 e. The lowest BCUT2D eigenvalue weighted by molar-refractivity contribution is 0.579. The second-order valence-electron chi connectivity index (χ2n) is 4.62. The van der Waals surface area contributed by atoms with Crippen molar-refractivity contribution < 1.29 is 8.42 Å². The average Bonchev–Trinajstić information content (AvgIpc) is 3.11. The number of benzene rings is 1. The molecule has 2 rings (SSSR count). The lowest BCUT2D eigenvalue weighted by Crippen LogP contribution is -2.32. The van der Waals surface area contributed by atoms with Gasteiger partial charge in [-0.2, -0.15) is 11.8 Å². The van der Waals surface area contributed by atoms with E-state index in [9.17, 15) is 8.42 Å². The van der Waals surface area contributed by atoms with Gasteiger partial charge < -0.3 is 0 Å². The molecule has 0 bridgehead atoms. The summed E-state index contributed by atoms with van der Waals surface area (Å²) in [5.41, 5.74) is 0.764. The van der Waals surface area contributed by atoms with Crippen LogP contribution in [0.15, 0.2) is 27.6 Å². The Morgan fingerprint density at radius 3 is 2.67 bits per heavy atom. The van der Waals surface area contributed by atoms with Crippen molar-refractivity contribution in [2.75, 3.05) is 12.8 Å². The number of rotatable bonds is 5. The van der Waals surface area contributed by atoms with Crippen LogP contribution in [0, 0.1) is 6.92 Å². The number of hydrogen-bond donors (Lipinski definition) is 1. The fourth-order valence-electron chi connectivity index (χ4n) is 1.76. The van der Waals surface area contributed by atoms with Crippen LogP contribution in [0.2, 0.25) is 0 Å². The molecule has 1 saturated carbocycles. The second kappa shape index (κ2) is 5.15. The quantitative estimate of drug-likeness (QED) is 0.888. The lowest BCUT2D eigenvalue weighted by atomic mass is 10.2. The van der Waals surface area contributed by atoms with Gasteiger partial charge in [-0.1, -0.05) is 22.0 Å². The van der Waals surface area contributed by atoms with Gasteiger partial charge in [-0.3, -0.25) is 0 Å². The second-order valence-corrected chi connectivity index (χ2v) is 8.55. The summed E-state index contributed by atoms with van der Waals surface area (Å²) in [5, 5.41) is 0. The molecule has 0 amide bonds. The van der Waals surface area contributed by atoms with E-state index in [-0.39, 0.29) is 4.75 Å². The van der Waals surface area contributed by atoms with Crippen molar-refractivity contribution in [3.63, 3.8) is 0 Å². The summed E-state index contributed by atoms with van der Waals surface area (Å²) in [4.78, 5) is 0.355. The van der Waals surface area contributed by atoms with Gasteiger partial charge in [0.05, 0.1) is 4.90 Å². The summed E-state index contributed by atoms with van der Waals surface area (Å²) in [7, 11) is -3.41. The smallest absolute Gasteiger partial charge is 0.210 e. The van der Waals surface area contributed by atoms with Crippen molar-refractivity contribution in [3.05, 3.63) is 28.2 Å².